The highest BCUT2D eigenvalue weighted by molar-refractivity contribution is 14.0. The number of nitrogens with zero attached hydrogens (tertiary/aromatic N) is 4. The lowest BCUT2D eigenvalue weighted by atomic mass is 10.1. The van der Waals surface area contributed by atoms with E-state index in [-0.39, 0.29) is 30.0 Å². The first-order valence-electron chi connectivity index (χ1n) is 10.3. The van der Waals surface area contributed by atoms with Gasteiger partial charge in [0.25, 0.3) is 0 Å². The lowest BCUT2D eigenvalue weighted by molar-refractivity contribution is 0.392. The molecule has 0 radical (unpaired) electrons. The molecule has 0 bridgehead atoms. The van der Waals surface area contributed by atoms with Crippen LogP contribution >= 0.6 is 24.0 Å². The van der Waals surface area contributed by atoms with Gasteiger partial charge < -0.3 is 15.1 Å². The fraction of sp³-hybridized carbons (Fsp3) is 0.409. The second-order valence-electron chi connectivity index (χ2n) is 7.36. The summed E-state index contributed by atoms with van der Waals surface area (Å²) in [5.74, 6) is 3.72. The van der Waals surface area contributed by atoms with Crippen LogP contribution in [0.15, 0.2) is 58.1 Å². The first kappa shape index (κ1) is 22.3. The molecular formula is C22H29IN6O. The van der Waals surface area contributed by atoms with Gasteiger partial charge in [0, 0.05) is 32.0 Å². The van der Waals surface area contributed by atoms with E-state index >= 15 is 0 Å². The minimum atomic E-state index is 0. The lowest BCUT2D eigenvalue weighted by Gasteiger charge is -2.25. The number of guanidine groups is 1. The highest BCUT2D eigenvalue weighted by Gasteiger charge is 2.21. The fourth-order valence-electron chi connectivity index (χ4n) is 3.60. The van der Waals surface area contributed by atoms with Gasteiger partial charge in [-0.3, -0.25) is 4.99 Å². The van der Waals surface area contributed by atoms with Gasteiger partial charge in [-0.05, 0) is 37.5 Å². The molecule has 0 fully saturated rings. The number of benzene rings is 1. The largest absolute Gasteiger partial charge is 0.469 e. The molecular weight excluding hydrogens is 491 g/mol. The Hall–Kier alpha value is -2.36. The molecule has 0 saturated carbocycles. The molecule has 1 aliphatic rings. The molecule has 4 rings (SSSR count). The van der Waals surface area contributed by atoms with Crippen LogP contribution in [-0.2, 0) is 25.8 Å². The van der Waals surface area contributed by atoms with Crippen LogP contribution in [0.3, 0.4) is 0 Å². The predicted octanol–water partition coefficient (Wildman–Crippen LogP) is 3.13. The summed E-state index contributed by atoms with van der Waals surface area (Å²) in [6.07, 6.45) is 5.40. The minimum Gasteiger partial charge on any atom is -0.469 e. The second-order valence-corrected chi connectivity index (χ2v) is 7.36. The van der Waals surface area contributed by atoms with Gasteiger partial charge in [-0.2, -0.15) is 5.10 Å². The third-order valence-corrected chi connectivity index (χ3v) is 5.06. The molecule has 1 atom stereocenters. The van der Waals surface area contributed by atoms with Crippen LogP contribution in [0.4, 0.5) is 0 Å². The number of furan rings is 1. The van der Waals surface area contributed by atoms with Gasteiger partial charge in [0.05, 0.1) is 12.8 Å². The van der Waals surface area contributed by atoms with Crippen molar-refractivity contribution < 1.29 is 4.42 Å². The summed E-state index contributed by atoms with van der Waals surface area (Å²) in [7, 11) is 0. The fourth-order valence-corrected chi connectivity index (χ4v) is 3.60. The summed E-state index contributed by atoms with van der Waals surface area (Å²) >= 11 is 0. The van der Waals surface area contributed by atoms with Gasteiger partial charge in [0.2, 0.25) is 0 Å². The highest BCUT2D eigenvalue weighted by Crippen LogP contribution is 2.12. The molecule has 3 heterocycles. The van der Waals surface area contributed by atoms with Crippen molar-refractivity contribution in [1.82, 2.24) is 25.4 Å². The number of aromatic nitrogens is 3. The van der Waals surface area contributed by atoms with Crippen LogP contribution in [0.5, 0.6) is 0 Å². The van der Waals surface area contributed by atoms with Crippen LogP contribution in [0.2, 0.25) is 0 Å². The van der Waals surface area contributed by atoms with Gasteiger partial charge >= 0.3 is 0 Å². The van der Waals surface area contributed by atoms with Crippen molar-refractivity contribution in [2.45, 2.75) is 45.2 Å². The van der Waals surface area contributed by atoms with Crippen molar-refractivity contribution >= 4 is 29.9 Å². The van der Waals surface area contributed by atoms with E-state index in [0.717, 1.165) is 62.1 Å². The van der Waals surface area contributed by atoms with Crippen molar-refractivity contribution in [2.24, 2.45) is 4.99 Å². The van der Waals surface area contributed by atoms with Gasteiger partial charge in [-0.15, -0.1) is 24.0 Å². The summed E-state index contributed by atoms with van der Waals surface area (Å²) in [6, 6.07) is 14.7. The minimum absolute atomic E-state index is 0. The number of aliphatic imine (C=N–C) groups is 1. The summed E-state index contributed by atoms with van der Waals surface area (Å²) in [5, 5.41) is 11.6. The Labute approximate surface area is 194 Å². The van der Waals surface area contributed by atoms with E-state index in [1.54, 1.807) is 6.26 Å². The third kappa shape index (κ3) is 6.32. The maximum Gasteiger partial charge on any atom is 0.191 e. The predicted molar refractivity (Wildman–Crippen MR) is 128 cm³/mol. The molecule has 30 heavy (non-hydrogen) atoms. The molecule has 3 aromatic rings. The number of rotatable bonds is 7. The number of fused-ring (bicyclic) bond motifs is 1. The van der Waals surface area contributed by atoms with E-state index < -0.39 is 0 Å². The Kier molecular flexibility index (Phi) is 8.30. The molecule has 1 unspecified atom stereocenters. The van der Waals surface area contributed by atoms with Gasteiger partial charge in [-0.25, -0.2) is 9.67 Å². The van der Waals surface area contributed by atoms with Crippen molar-refractivity contribution in [3.63, 3.8) is 0 Å². The molecule has 1 aromatic carbocycles. The first-order valence-corrected chi connectivity index (χ1v) is 10.3. The maximum atomic E-state index is 5.42. The van der Waals surface area contributed by atoms with Gasteiger partial charge in [0.1, 0.15) is 17.4 Å². The van der Waals surface area contributed by atoms with Crippen LogP contribution in [-0.4, -0.2) is 39.9 Å². The Morgan fingerprint density at radius 2 is 2.07 bits per heavy atom. The molecule has 2 N–H and O–H groups in total. The zero-order valence-electron chi connectivity index (χ0n) is 17.3. The molecule has 160 valence electrons. The van der Waals surface area contributed by atoms with E-state index in [9.17, 15) is 0 Å². The number of aryl methyl sites for hydroxylation is 2. The summed E-state index contributed by atoms with van der Waals surface area (Å²) in [5.41, 5.74) is 1.32. The zero-order chi connectivity index (χ0) is 19.9. The maximum absolute atomic E-state index is 5.42. The molecule has 1 aliphatic heterocycles. The van der Waals surface area contributed by atoms with Crippen LogP contribution in [0.25, 0.3) is 0 Å². The van der Waals surface area contributed by atoms with Crippen molar-refractivity contribution in [3.05, 3.63) is 71.7 Å². The smallest absolute Gasteiger partial charge is 0.191 e. The normalized spacial score (nSPS) is 15.9. The second kappa shape index (κ2) is 11.1. The van der Waals surface area contributed by atoms with Gasteiger partial charge in [-0.1, -0.05) is 30.3 Å². The SMILES string of the molecule is Cc1nc2n(n1)CC(NC(=NCCc1ccco1)NCCc1ccccc1)CC2.I. The Morgan fingerprint density at radius 1 is 1.20 bits per heavy atom. The summed E-state index contributed by atoms with van der Waals surface area (Å²) in [6.45, 7) is 4.26. The zero-order valence-corrected chi connectivity index (χ0v) is 19.6. The molecule has 0 aliphatic carbocycles. The number of nitrogens with one attached hydrogen (secondary N) is 2. The van der Waals surface area contributed by atoms with Crippen LogP contribution in [0, 0.1) is 6.92 Å². The average Bonchev–Trinajstić information content (AvgIpc) is 3.37. The van der Waals surface area contributed by atoms with E-state index in [0.29, 0.717) is 6.54 Å². The Bertz CT molecular complexity index is 923. The van der Waals surface area contributed by atoms with Crippen LogP contribution in [0.1, 0.15) is 29.4 Å². The van der Waals surface area contributed by atoms with Gasteiger partial charge in [0.15, 0.2) is 5.96 Å². The number of halogens is 1. The number of hydrogen-bond acceptors (Lipinski definition) is 4. The molecule has 0 saturated heterocycles. The number of hydrogen-bond donors (Lipinski definition) is 2. The van der Waals surface area contributed by atoms with Crippen molar-refractivity contribution in [3.8, 4) is 0 Å². The first-order chi connectivity index (χ1) is 14.3. The Balaban J connectivity index is 0.00000256. The van der Waals surface area contributed by atoms with Crippen molar-refractivity contribution in [1.29, 1.82) is 0 Å². The van der Waals surface area contributed by atoms with Crippen LogP contribution < -0.4 is 10.6 Å². The van der Waals surface area contributed by atoms with E-state index in [2.05, 4.69) is 45.0 Å². The quantitative estimate of drug-likeness (QED) is 0.284. The lowest BCUT2D eigenvalue weighted by Crippen LogP contribution is -2.47. The molecule has 8 heteroatoms. The van der Waals surface area contributed by atoms with E-state index in [1.807, 2.05) is 29.8 Å². The van der Waals surface area contributed by atoms with E-state index in [1.165, 1.54) is 5.56 Å². The Morgan fingerprint density at radius 3 is 2.87 bits per heavy atom. The standard InChI is InChI=1S/C22H28N6O.HI/c1-17-25-21-10-9-19(16-28(21)27-17)26-22(24-14-12-20-8-5-15-29-20)23-13-11-18-6-3-2-4-7-18;/h2-8,15,19H,9-14,16H2,1H3,(H2,23,24,26);1H. The van der Waals surface area contributed by atoms with E-state index in [4.69, 9.17) is 9.41 Å². The molecule has 0 amide bonds. The highest BCUT2D eigenvalue weighted by atomic mass is 127. The molecule has 7 nitrogen and oxygen atoms in total. The molecule has 0 spiro atoms. The monoisotopic (exact) mass is 520 g/mol. The average molecular weight is 520 g/mol. The summed E-state index contributed by atoms with van der Waals surface area (Å²) < 4.78 is 7.43. The third-order valence-electron chi connectivity index (χ3n) is 5.06. The van der Waals surface area contributed by atoms with Crippen molar-refractivity contribution in [2.75, 3.05) is 13.1 Å². The topological polar surface area (TPSA) is 80.3 Å². The summed E-state index contributed by atoms with van der Waals surface area (Å²) in [4.78, 5) is 9.27. The molecule has 2 aromatic heterocycles.